The summed E-state index contributed by atoms with van der Waals surface area (Å²) in [7, 11) is 2.44. The van der Waals surface area contributed by atoms with E-state index >= 15 is 0 Å². The lowest BCUT2D eigenvalue weighted by molar-refractivity contribution is -0.120. The number of hydrogen-bond acceptors (Lipinski definition) is 10. The van der Waals surface area contributed by atoms with E-state index in [2.05, 4.69) is 5.73 Å². The minimum atomic E-state index is -3.55. The molecule has 0 bridgehead atoms. The van der Waals surface area contributed by atoms with Crippen molar-refractivity contribution < 1.29 is 37.3 Å². The monoisotopic (exact) mass is 497 g/mol. The predicted molar refractivity (Wildman–Crippen MR) is 129 cm³/mol. The molecule has 0 fully saturated rings. The molecule has 34 heavy (non-hydrogen) atoms. The summed E-state index contributed by atoms with van der Waals surface area (Å²) in [5.41, 5.74) is 16.8. The van der Waals surface area contributed by atoms with Crippen molar-refractivity contribution in [3.63, 3.8) is 0 Å². The Morgan fingerprint density at radius 1 is 1.00 bits per heavy atom. The number of sulfone groups is 1. The fourth-order valence-corrected chi connectivity index (χ4v) is 3.70. The maximum atomic E-state index is 12.5. The van der Waals surface area contributed by atoms with Gasteiger partial charge >= 0.3 is 0 Å². The Bertz CT molecular complexity index is 1080. The van der Waals surface area contributed by atoms with Crippen LogP contribution in [0.4, 0.5) is 5.69 Å². The summed E-state index contributed by atoms with van der Waals surface area (Å²) in [6.45, 7) is -0.380. The van der Waals surface area contributed by atoms with Gasteiger partial charge in [0.2, 0.25) is 5.91 Å². The molecular weight excluding hydrogens is 466 g/mol. The number of carbonyl (C=O) groups is 1. The molecule has 1 atom stereocenters. The van der Waals surface area contributed by atoms with Crippen LogP contribution < -0.4 is 36.1 Å². The molecule has 0 aliphatic carbocycles. The van der Waals surface area contributed by atoms with E-state index in [1.54, 1.807) is 30.3 Å². The lowest BCUT2D eigenvalue weighted by Gasteiger charge is -2.12. The molecule has 2 aromatic carbocycles. The lowest BCUT2D eigenvalue weighted by atomic mass is 10.1. The second-order valence-electron chi connectivity index (χ2n) is 6.82. The molecule has 0 aliphatic heterocycles. The van der Waals surface area contributed by atoms with E-state index < -0.39 is 21.8 Å². The first kappa shape index (κ1) is 28.6. The Kier molecular flexibility index (Phi) is 11.2. The van der Waals surface area contributed by atoms with Gasteiger partial charge in [-0.15, -0.1) is 0 Å². The third-order valence-electron chi connectivity index (χ3n) is 4.42. The van der Waals surface area contributed by atoms with Crippen LogP contribution in [0.15, 0.2) is 35.7 Å². The second-order valence-corrected chi connectivity index (χ2v) is 8.71. The largest absolute Gasteiger partial charge is 0.496 e. The van der Waals surface area contributed by atoms with E-state index in [4.69, 9.17) is 35.5 Å². The molecular formula is C22H31N3O8S. The second kappa shape index (κ2) is 13.3. The highest BCUT2D eigenvalue weighted by Gasteiger charge is 2.14. The molecule has 11 nitrogen and oxygen atoms in total. The molecule has 0 aliphatic rings. The third kappa shape index (κ3) is 8.46. The van der Waals surface area contributed by atoms with Gasteiger partial charge in [0.25, 0.3) is 0 Å². The van der Waals surface area contributed by atoms with Crippen molar-refractivity contribution in [2.75, 3.05) is 40.8 Å². The minimum Gasteiger partial charge on any atom is -0.496 e. The normalized spacial score (nSPS) is 11.8. The predicted octanol–water partition coefficient (Wildman–Crippen LogP) is 0.680. The van der Waals surface area contributed by atoms with Crippen molar-refractivity contribution in [2.45, 2.75) is 11.8 Å². The Morgan fingerprint density at radius 2 is 1.56 bits per heavy atom. The van der Waals surface area contributed by atoms with Crippen molar-refractivity contribution in [1.82, 2.24) is 0 Å². The molecule has 0 aromatic heterocycles. The third-order valence-corrected chi connectivity index (χ3v) is 5.71. The van der Waals surface area contributed by atoms with Crippen LogP contribution in [0.25, 0.3) is 6.08 Å². The van der Waals surface area contributed by atoms with Gasteiger partial charge < -0.3 is 41.3 Å². The number of aliphatic hydroxyl groups excluding tert-OH is 1. The number of methoxy groups -OCH3 is 4. The van der Waals surface area contributed by atoms with E-state index in [9.17, 15) is 13.2 Å². The highest BCUT2D eigenvalue weighted by atomic mass is 32.2. The average Bonchev–Trinajstić information content (AvgIpc) is 2.81. The fourth-order valence-electron chi connectivity index (χ4n) is 2.61. The van der Waals surface area contributed by atoms with Gasteiger partial charge in [0.1, 0.15) is 29.0 Å². The summed E-state index contributed by atoms with van der Waals surface area (Å²) < 4.78 is 45.9. The number of ether oxygens (including phenoxy) is 4. The smallest absolute Gasteiger partial charge is 0.236 e. The van der Waals surface area contributed by atoms with Crippen molar-refractivity contribution in [2.24, 2.45) is 11.5 Å². The minimum absolute atomic E-state index is 0.196. The molecule has 7 N–H and O–H groups in total. The van der Waals surface area contributed by atoms with E-state index in [0.717, 1.165) is 5.41 Å². The Morgan fingerprint density at radius 3 is 1.94 bits per heavy atom. The van der Waals surface area contributed by atoms with Crippen LogP contribution in [0.3, 0.4) is 0 Å². The van der Waals surface area contributed by atoms with Crippen molar-refractivity contribution in [3.8, 4) is 23.0 Å². The summed E-state index contributed by atoms with van der Waals surface area (Å²) in [6, 6.07) is 7.28. The van der Waals surface area contributed by atoms with Crippen LogP contribution in [0, 0.1) is 0 Å². The number of nitrogen functional groups attached to an aromatic ring is 1. The summed E-state index contributed by atoms with van der Waals surface area (Å²) in [5.74, 6) is 1.04. The number of benzene rings is 2. The van der Waals surface area contributed by atoms with Gasteiger partial charge in [-0.2, -0.15) is 0 Å². The van der Waals surface area contributed by atoms with Gasteiger partial charge in [-0.3, -0.25) is 4.79 Å². The fraction of sp³-hybridized carbons (Fsp3) is 0.318. The van der Waals surface area contributed by atoms with Gasteiger partial charge in [0.05, 0.1) is 52.0 Å². The van der Waals surface area contributed by atoms with Crippen LogP contribution in [-0.4, -0.2) is 60.5 Å². The topological polar surface area (TPSA) is 186 Å². The molecule has 188 valence electrons. The maximum absolute atomic E-state index is 12.5. The number of rotatable bonds is 10. The van der Waals surface area contributed by atoms with Crippen LogP contribution in [0.5, 0.6) is 23.0 Å². The quantitative estimate of drug-likeness (QED) is 0.340. The Labute approximate surface area is 199 Å². The molecule has 2 aromatic rings. The van der Waals surface area contributed by atoms with Gasteiger partial charge in [-0.05, 0) is 23.8 Å². The van der Waals surface area contributed by atoms with Gasteiger partial charge in [-0.25, -0.2) is 8.42 Å². The highest BCUT2D eigenvalue weighted by Crippen LogP contribution is 2.35. The first-order valence-corrected chi connectivity index (χ1v) is 11.5. The van der Waals surface area contributed by atoms with Crippen molar-refractivity contribution in [1.29, 1.82) is 0 Å². The van der Waals surface area contributed by atoms with Crippen LogP contribution in [-0.2, 0) is 20.4 Å². The number of primary amides is 1. The Hall–Kier alpha value is -3.48. The first-order chi connectivity index (χ1) is 16.0. The van der Waals surface area contributed by atoms with Crippen LogP contribution >= 0.6 is 0 Å². The van der Waals surface area contributed by atoms with E-state index in [-0.39, 0.29) is 12.4 Å². The summed E-state index contributed by atoms with van der Waals surface area (Å²) in [5, 5.41) is 9.20. The van der Waals surface area contributed by atoms with E-state index in [1.807, 2.05) is 0 Å². The highest BCUT2D eigenvalue weighted by molar-refractivity contribution is 7.93. The van der Waals surface area contributed by atoms with E-state index in [1.165, 1.54) is 34.5 Å². The number of carbonyl (C=O) groups excluding carboxylic acids is 1. The molecule has 0 spiro atoms. The zero-order valence-electron chi connectivity index (χ0n) is 19.5. The maximum Gasteiger partial charge on any atom is 0.236 e. The molecule has 12 heteroatoms. The number of anilines is 1. The summed E-state index contributed by atoms with van der Waals surface area (Å²) in [4.78, 5) is 9.87. The van der Waals surface area contributed by atoms with Gasteiger partial charge in [0, 0.05) is 17.5 Å². The summed E-state index contributed by atoms with van der Waals surface area (Å²) in [6.07, 6.45) is 1.44. The zero-order valence-corrected chi connectivity index (χ0v) is 20.3. The summed E-state index contributed by atoms with van der Waals surface area (Å²) >= 11 is 0. The van der Waals surface area contributed by atoms with Gasteiger partial charge in [0.15, 0.2) is 9.84 Å². The number of nitrogens with two attached hydrogens (primary N) is 3. The number of aliphatic hydroxyl groups is 1. The van der Waals surface area contributed by atoms with Crippen LogP contribution in [0.1, 0.15) is 11.1 Å². The van der Waals surface area contributed by atoms with E-state index in [0.29, 0.717) is 39.8 Å². The lowest BCUT2D eigenvalue weighted by Crippen LogP contribution is -2.39. The first-order valence-electron chi connectivity index (χ1n) is 9.80. The molecule has 0 saturated heterocycles. The van der Waals surface area contributed by atoms with Crippen molar-refractivity contribution >= 4 is 27.5 Å². The molecule has 1 amide bonds. The molecule has 0 heterocycles. The molecule has 0 unspecified atom stereocenters. The standard InChI is InChI=1S/C19H23NO6S.C3H8N2O2/c1-23-14-10-18(25-3)15(19(11-14)26-4)7-8-27(21,22)12-13-5-6-17(24-2)16(20)9-13;4-2(1-6)3(5)7/h5-11H,12,20H2,1-4H3;2,6H,1,4H2,(H2,5,7)/b8-7+;/t;2-/m.0/s1. The van der Waals surface area contributed by atoms with Crippen molar-refractivity contribution in [3.05, 3.63) is 46.9 Å². The van der Waals surface area contributed by atoms with Gasteiger partial charge in [-0.1, -0.05) is 6.07 Å². The van der Waals surface area contributed by atoms with Crippen LogP contribution in [0.2, 0.25) is 0 Å². The molecule has 2 rings (SSSR count). The molecule has 0 saturated carbocycles. The SMILES string of the molecule is COc1cc(OC)c(/C=C/S(=O)(=O)Cc2ccc(OC)c(N)c2)c(OC)c1.NC(=O)[C@@H](N)CO. The zero-order chi connectivity index (χ0) is 25.9. The number of hydrogen-bond donors (Lipinski definition) is 4. The Balaban J connectivity index is 0.000000718. The average molecular weight is 498 g/mol. The molecule has 0 radical (unpaired) electrons. The number of amides is 1.